The molecule has 0 saturated heterocycles. The number of hydrogen-bond donors (Lipinski definition) is 2. The van der Waals surface area contributed by atoms with E-state index in [2.05, 4.69) is 10.3 Å². The Bertz CT molecular complexity index is 635. The van der Waals surface area contributed by atoms with Gasteiger partial charge in [0.05, 0.1) is 11.7 Å². The first-order valence-corrected chi connectivity index (χ1v) is 6.60. The number of aliphatic hydroxyl groups is 1. The molecule has 2 N–H and O–H groups in total. The minimum atomic E-state index is -0.898. The molecule has 0 spiro atoms. The van der Waals surface area contributed by atoms with Crippen LogP contribution >= 0.6 is 23.2 Å². The van der Waals surface area contributed by atoms with Crippen LogP contribution in [0.5, 0.6) is 0 Å². The molecule has 0 aliphatic heterocycles. The molecule has 1 atom stereocenters. The molecule has 2 aromatic rings. The summed E-state index contributed by atoms with van der Waals surface area (Å²) in [6.45, 7) is 0.148. The van der Waals surface area contributed by atoms with Crippen LogP contribution in [0, 0.1) is 11.3 Å². The summed E-state index contributed by atoms with van der Waals surface area (Å²) in [6.07, 6.45) is 0.669. The van der Waals surface area contributed by atoms with Crippen LogP contribution < -0.4 is 5.32 Å². The number of halogens is 2. The van der Waals surface area contributed by atoms with E-state index >= 15 is 0 Å². The average molecular weight is 308 g/mol. The lowest BCUT2D eigenvalue weighted by Crippen LogP contribution is -2.14. The van der Waals surface area contributed by atoms with E-state index in [-0.39, 0.29) is 6.54 Å². The van der Waals surface area contributed by atoms with Crippen LogP contribution in [0.25, 0.3) is 0 Å². The van der Waals surface area contributed by atoms with E-state index in [0.717, 1.165) is 0 Å². The molecule has 1 aromatic heterocycles. The maximum absolute atomic E-state index is 10.2. The molecule has 1 unspecified atom stereocenters. The van der Waals surface area contributed by atoms with Gasteiger partial charge >= 0.3 is 0 Å². The summed E-state index contributed by atoms with van der Waals surface area (Å²) in [5, 5.41) is 22.8. The van der Waals surface area contributed by atoms with E-state index < -0.39 is 6.10 Å². The normalized spacial score (nSPS) is 11.7. The molecule has 0 amide bonds. The second-order valence-electron chi connectivity index (χ2n) is 4.04. The zero-order chi connectivity index (χ0) is 14.5. The maximum atomic E-state index is 10.2. The van der Waals surface area contributed by atoms with E-state index in [1.54, 1.807) is 36.5 Å². The Morgan fingerprint density at radius 2 is 1.95 bits per heavy atom. The number of nitrogens with one attached hydrogen (secondary N) is 1. The molecule has 102 valence electrons. The molecule has 1 aromatic carbocycles. The van der Waals surface area contributed by atoms with E-state index in [1.807, 2.05) is 6.07 Å². The predicted molar refractivity (Wildman–Crippen MR) is 78.9 cm³/mol. The smallest absolute Gasteiger partial charge is 0.143 e. The molecule has 0 bridgehead atoms. The van der Waals surface area contributed by atoms with Crippen molar-refractivity contribution in [2.45, 2.75) is 6.10 Å². The monoisotopic (exact) mass is 307 g/mol. The Kier molecular flexibility index (Phi) is 4.80. The first kappa shape index (κ1) is 14.6. The summed E-state index contributed by atoms with van der Waals surface area (Å²) >= 11 is 12.0. The van der Waals surface area contributed by atoms with Crippen LogP contribution in [0.3, 0.4) is 0 Å². The van der Waals surface area contributed by atoms with Crippen molar-refractivity contribution in [3.63, 3.8) is 0 Å². The molecule has 1 heterocycles. The van der Waals surface area contributed by atoms with Crippen molar-refractivity contribution in [1.82, 2.24) is 4.98 Å². The number of anilines is 1. The van der Waals surface area contributed by atoms with Gasteiger partial charge in [-0.15, -0.1) is 0 Å². The minimum absolute atomic E-state index is 0.148. The van der Waals surface area contributed by atoms with Gasteiger partial charge < -0.3 is 10.4 Å². The van der Waals surface area contributed by atoms with Gasteiger partial charge in [-0.05, 0) is 24.3 Å². The summed E-state index contributed by atoms with van der Waals surface area (Å²) in [7, 11) is 0. The molecule has 0 aliphatic rings. The zero-order valence-electron chi connectivity index (χ0n) is 10.3. The molecule has 0 fully saturated rings. The van der Waals surface area contributed by atoms with Gasteiger partial charge in [0.25, 0.3) is 0 Å². The van der Waals surface area contributed by atoms with E-state index in [4.69, 9.17) is 28.5 Å². The first-order valence-electron chi connectivity index (χ1n) is 5.84. The van der Waals surface area contributed by atoms with Gasteiger partial charge in [0.15, 0.2) is 0 Å². The van der Waals surface area contributed by atoms with Gasteiger partial charge in [0.2, 0.25) is 0 Å². The van der Waals surface area contributed by atoms with E-state index in [1.165, 1.54) is 0 Å². The third kappa shape index (κ3) is 3.20. The first-order chi connectivity index (χ1) is 9.63. The van der Waals surface area contributed by atoms with Crippen molar-refractivity contribution in [3.05, 3.63) is 57.7 Å². The Morgan fingerprint density at radius 3 is 2.60 bits per heavy atom. The highest BCUT2D eigenvalue weighted by molar-refractivity contribution is 6.36. The summed E-state index contributed by atoms with van der Waals surface area (Å²) in [6, 6.07) is 10.4. The number of benzene rings is 1. The maximum Gasteiger partial charge on any atom is 0.143 e. The van der Waals surface area contributed by atoms with Gasteiger partial charge in [-0.3, -0.25) is 0 Å². The van der Waals surface area contributed by atoms with Crippen LogP contribution in [0.4, 0.5) is 5.82 Å². The SMILES string of the molecule is N#Cc1cccnc1NCC(O)c1c(Cl)cccc1Cl. The average Bonchev–Trinajstić information content (AvgIpc) is 2.45. The topological polar surface area (TPSA) is 68.9 Å². The van der Waals surface area contributed by atoms with Crippen molar-refractivity contribution in [2.24, 2.45) is 0 Å². The summed E-state index contributed by atoms with van der Waals surface area (Å²) in [5.41, 5.74) is 0.864. The highest BCUT2D eigenvalue weighted by atomic mass is 35.5. The molecular weight excluding hydrogens is 297 g/mol. The Balaban J connectivity index is 2.13. The third-order valence-corrected chi connectivity index (χ3v) is 3.38. The van der Waals surface area contributed by atoms with Gasteiger partial charge in [0, 0.05) is 28.4 Å². The Labute approximate surface area is 126 Å². The van der Waals surface area contributed by atoms with Crippen LogP contribution in [-0.2, 0) is 0 Å². The van der Waals surface area contributed by atoms with E-state index in [0.29, 0.717) is 27.0 Å². The van der Waals surface area contributed by atoms with Crippen molar-refractivity contribution in [2.75, 3.05) is 11.9 Å². The van der Waals surface area contributed by atoms with Crippen molar-refractivity contribution < 1.29 is 5.11 Å². The Morgan fingerprint density at radius 1 is 1.25 bits per heavy atom. The molecule has 0 saturated carbocycles. The highest BCUT2D eigenvalue weighted by Crippen LogP contribution is 2.30. The molecule has 6 heteroatoms. The molecule has 2 rings (SSSR count). The van der Waals surface area contributed by atoms with Crippen LogP contribution in [0.2, 0.25) is 10.0 Å². The lowest BCUT2D eigenvalue weighted by molar-refractivity contribution is 0.191. The molecular formula is C14H11Cl2N3O. The van der Waals surface area contributed by atoms with Crippen LogP contribution in [0.15, 0.2) is 36.5 Å². The number of rotatable bonds is 4. The van der Waals surface area contributed by atoms with Gasteiger partial charge in [-0.2, -0.15) is 5.26 Å². The zero-order valence-corrected chi connectivity index (χ0v) is 11.9. The largest absolute Gasteiger partial charge is 0.386 e. The van der Waals surface area contributed by atoms with Crippen molar-refractivity contribution >= 4 is 29.0 Å². The number of aromatic nitrogens is 1. The van der Waals surface area contributed by atoms with Crippen LogP contribution in [0.1, 0.15) is 17.2 Å². The quantitative estimate of drug-likeness (QED) is 0.908. The standard InChI is InChI=1S/C14H11Cl2N3O/c15-10-4-1-5-11(16)13(10)12(20)8-19-14-9(7-17)3-2-6-18-14/h1-6,12,20H,8H2,(H,18,19). The fraction of sp³-hybridized carbons (Fsp3) is 0.143. The van der Waals surface area contributed by atoms with Crippen molar-refractivity contribution in [3.8, 4) is 6.07 Å². The van der Waals surface area contributed by atoms with Gasteiger partial charge in [0.1, 0.15) is 11.9 Å². The molecule has 0 radical (unpaired) electrons. The second kappa shape index (κ2) is 6.58. The highest BCUT2D eigenvalue weighted by Gasteiger charge is 2.15. The van der Waals surface area contributed by atoms with E-state index in [9.17, 15) is 5.11 Å². The lowest BCUT2D eigenvalue weighted by atomic mass is 10.1. The number of nitriles is 1. The van der Waals surface area contributed by atoms with Crippen molar-refractivity contribution in [1.29, 1.82) is 5.26 Å². The fourth-order valence-electron chi connectivity index (χ4n) is 1.76. The lowest BCUT2D eigenvalue weighted by Gasteiger charge is -2.15. The number of hydrogen-bond acceptors (Lipinski definition) is 4. The third-order valence-electron chi connectivity index (χ3n) is 2.72. The van der Waals surface area contributed by atoms with Gasteiger partial charge in [-0.25, -0.2) is 4.98 Å². The van der Waals surface area contributed by atoms with Crippen LogP contribution in [-0.4, -0.2) is 16.6 Å². The van der Waals surface area contributed by atoms with Gasteiger partial charge in [-0.1, -0.05) is 29.3 Å². The Hall–Kier alpha value is -1.80. The predicted octanol–water partition coefficient (Wildman–Crippen LogP) is 3.41. The summed E-state index contributed by atoms with van der Waals surface area (Å²) < 4.78 is 0. The molecule has 4 nitrogen and oxygen atoms in total. The summed E-state index contributed by atoms with van der Waals surface area (Å²) in [5.74, 6) is 0.414. The minimum Gasteiger partial charge on any atom is -0.386 e. The number of nitrogens with zero attached hydrogens (tertiary/aromatic N) is 2. The number of aliphatic hydroxyl groups excluding tert-OH is 1. The number of pyridine rings is 1. The fourth-order valence-corrected chi connectivity index (χ4v) is 2.41. The molecule has 0 aliphatic carbocycles. The second-order valence-corrected chi connectivity index (χ2v) is 4.86. The summed E-state index contributed by atoms with van der Waals surface area (Å²) in [4.78, 5) is 4.05. The molecule has 20 heavy (non-hydrogen) atoms.